The molecule has 0 spiro atoms. The fourth-order valence-electron chi connectivity index (χ4n) is 3.05. The molecule has 9 nitrogen and oxygen atoms in total. The van der Waals surface area contributed by atoms with Crippen LogP contribution in [0, 0.1) is 10.1 Å². The molecule has 2 aromatic carbocycles. The number of benzene rings is 2. The number of rotatable bonds is 3. The molecule has 1 atom stereocenters. The normalized spacial score (nSPS) is 16.3. The van der Waals surface area contributed by atoms with Gasteiger partial charge in [0.05, 0.1) is 15.0 Å². The molecule has 0 N–H and O–H groups in total. The van der Waals surface area contributed by atoms with Gasteiger partial charge in [-0.15, -0.1) is 5.10 Å². The largest absolute Gasteiger partial charge is 0.485 e. The summed E-state index contributed by atoms with van der Waals surface area (Å²) in [6, 6.07) is 13.5. The predicted molar refractivity (Wildman–Crippen MR) is 104 cm³/mol. The number of fused-ring (bicyclic) bond motifs is 2. The van der Waals surface area contributed by atoms with Gasteiger partial charge in [0, 0.05) is 6.07 Å². The maximum absolute atomic E-state index is 12.7. The topological polar surface area (TPSA) is 109 Å². The number of thiazole rings is 1. The molecular formula is C19H12N4O5S. The standard InChI is InChI=1S/C19H12N4O5S/c24-18-16(9-11-5-1-2-6-12(11)23(25)26)29-19-20-17(21-22(18)19)15-10-27-13-7-3-4-8-14(13)28-15/h1-9,15H,10H2/b16-9+/t15-/m0/s1. The molecule has 0 saturated heterocycles. The van der Waals surface area contributed by atoms with Gasteiger partial charge in [0.1, 0.15) is 6.61 Å². The van der Waals surface area contributed by atoms with Crippen LogP contribution in [0.2, 0.25) is 0 Å². The van der Waals surface area contributed by atoms with E-state index in [1.807, 2.05) is 18.2 Å². The molecule has 0 aliphatic carbocycles. The summed E-state index contributed by atoms with van der Waals surface area (Å²) < 4.78 is 13.1. The summed E-state index contributed by atoms with van der Waals surface area (Å²) in [6.45, 7) is 0.234. The molecule has 0 radical (unpaired) electrons. The van der Waals surface area contributed by atoms with Gasteiger partial charge < -0.3 is 9.47 Å². The molecule has 0 amide bonds. The fourth-order valence-corrected chi connectivity index (χ4v) is 3.95. The van der Waals surface area contributed by atoms with Crippen molar-refractivity contribution in [1.29, 1.82) is 0 Å². The highest BCUT2D eigenvalue weighted by molar-refractivity contribution is 7.15. The Morgan fingerprint density at radius 3 is 2.72 bits per heavy atom. The van der Waals surface area contributed by atoms with Crippen molar-refractivity contribution in [2.75, 3.05) is 6.61 Å². The number of ether oxygens (including phenoxy) is 2. The van der Waals surface area contributed by atoms with Crippen LogP contribution < -0.4 is 19.6 Å². The highest BCUT2D eigenvalue weighted by atomic mass is 32.1. The van der Waals surface area contributed by atoms with Crippen molar-refractivity contribution in [1.82, 2.24) is 14.6 Å². The summed E-state index contributed by atoms with van der Waals surface area (Å²) in [5.74, 6) is 1.59. The summed E-state index contributed by atoms with van der Waals surface area (Å²) >= 11 is 1.11. The average Bonchev–Trinajstić information content (AvgIpc) is 3.27. The molecule has 10 heteroatoms. The van der Waals surface area contributed by atoms with Crippen LogP contribution in [-0.4, -0.2) is 26.1 Å². The Hall–Kier alpha value is -3.79. The lowest BCUT2D eigenvalue weighted by Gasteiger charge is -2.24. The lowest BCUT2D eigenvalue weighted by molar-refractivity contribution is -0.385. The van der Waals surface area contributed by atoms with Crippen molar-refractivity contribution in [3.8, 4) is 11.5 Å². The van der Waals surface area contributed by atoms with E-state index < -0.39 is 11.0 Å². The van der Waals surface area contributed by atoms with Crippen LogP contribution >= 0.6 is 11.3 Å². The Morgan fingerprint density at radius 2 is 1.93 bits per heavy atom. The molecule has 0 saturated carbocycles. The van der Waals surface area contributed by atoms with Gasteiger partial charge in [0.25, 0.3) is 11.2 Å². The number of nitro benzene ring substituents is 1. The van der Waals surface area contributed by atoms with Crippen LogP contribution in [0.3, 0.4) is 0 Å². The maximum atomic E-state index is 12.7. The molecule has 5 rings (SSSR count). The lowest BCUT2D eigenvalue weighted by Crippen LogP contribution is -2.26. The molecule has 0 unspecified atom stereocenters. The third-order valence-corrected chi connectivity index (χ3v) is 5.37. The van der Waals surface area contributed by atoms with Crippen LogP contribution in [0.4, 0.5) is 5.69 Å². The first-order valence-corrected chi connectivity index (χ1v) is 9.45. The Bertz CT molecular complexity index is 1360. The summed E-state index contributed by atoms with van der Waals surface area (Å²) in [5.41, 5.74) is -0.114. The Labute approximate surface area is 166 Å². The third-order valence-electron chi connectivity index (χ3n) is 4.41. The van der Waals surface area contributed by atoms with Crippen molar-refractivity contribution in [3.63, 3.8) is 0 Å². The van der Waals surface area contributed by atoms with E-state index in [4.69, 9.17) is 9.47 Å². The van der Waals surface area contributed by atoms with Crippen LogP contribution in [0.1, 0.15) is 17.5 Å². The molecule has 1 aliphatic heterocycles. The van der Waals surface area contributed by atoms with Crippen molar-refractivity contribution in [2.24, 2.45) is 0 Å². The summed E-state index contributed by atoms with van der Waals surface area (Å²) in [6.07, 6.45) is 0.955. The van der Waals surface area contributed by atoms with Gasteiger partial charge in [0.15, 0.2) is 23.4 Å². The second-order valence-corrected chi connectivity index (χ2v) is 7.27. The zero-order valence-electron chi connectivity index (χ0n) is 14.7. The van der Waals surface area contributed by atoms with Crippen molar-refractivity contribution in [2.45, 2.75) is 6.10 Å². The number of para-hydroxylation sites is 3. The number of aromatic nitrogens is 3. The van der Waals surface area contributed by atoms with E-state index in [0.717, 1.165) is 11.3 Å². The quantitative estimate of drug-likeness (QED) is 0.377. The van der Waals surface area contributed by atoms with E-state index in [-0.39, 0.29) is 17.9 Å². The summed E-state index contributed by atoms with van der Waals surface area (Å²) in [4.78, 5) is 28.2. The van der Waals surface area contributed by atoms with Crippen LogP contribution in [0.15, 0.2) is 53.3 Å². The average molecular weight is 408 g/mol. The van der Waals surface area contributed by atoms with Crippen molar-refractivity contribution in [3.05, 3.63) is 84.9 Å². The Balaban J connectivity index is 1.52. The monoisotopic (exact) mass is 408 g/mol. The zero-order chi connectivity index (χ0) is 20.0. The molecule has 0 fully saturated rings. The highest BCUT2D eigenvalue weighted by Gasteiger charge is 2.27. The number of hydrogen-bond donors (Lipinski definition) is 0. The van der Waals surface area contributed by atoms with E-state index in [0.29, 0.717) is 32.4 Å². The number of nitrogens with zero attached hydrogens (tertiary/aromatic N) is 4. The van der Waals surface area contributed by atoms with Crippen LogP contribution in [-0.2, 0) is 0 Å². The van der Waals surface area contributed by atoms with Gasteiger partial charge in [-0.25, -0.2) is 0 Å². The molecule has 29 heavy (non-hydrogen) atoms. The van der Waals surface area contributed by atoms with Gasteiger partial charge in [-0.1, -0.05) is 35.6 Å². The first kappa shape index (κ1) is 17.3. The zero-order valence-corrected chi connectivity index (χ0v) is 15.5. The van der Waals surface area contributed by atoms with E-state index >= 15 is 0 Å². The highest BCUT2D eigenvalue weighted by Crippen LogP contribution is 2.35. The lowest BCUT2D eigenvalue weighted by atomic mass is 10.2. The van der Waals surface area contributed by atoms with Crippen LogP contribution in [0.25, 0.3) is 11.0 Å². The van der Waals surface area contributed by atoms with Gasteiger partial charge >= 0.3 is 0 Å². The minimum Gasteiger partial charge on any atom is -0.485 e. The van der Waals surface area contributed by atoms with Crippen molar-refractivity contribution < 1.29 is 14.4 Å². The molecule has 0 bridgehead atoms. The molecular weight excluding hydrogens is 396 g/mol. The SMILES string of the molecule is O=c1/c(=C\c2ccccc2[N+](=O)[O-])sc2nc([C@@H]3COc4ccccc4O3)nn12. The molecule has 144 valence electrons. The maximum Gasteiger partial charge on any atom is 0.291 e. The Morgan fingerprint density at radius 1 is 1.17 bits per heavy atom. The van der Waals surface area contributed by atoms with Gasteiger partial charge in [-0.3, -0.25) is 14.9 Å². The summed E-state index contributed by atoms with van der Waals surface area (Å²) in [7, 11) is 0. The van der Waals surface area contributed by atoms with Gasteiger partial charge in [-0.05, 0) is 24.3 Å². The van der Waals surface area contributed by atoms with Crippen LogP contribution in [0.5, 0.6) is 11.5 Å². The van der Waals surface area contributed by atoms with E-state index in [2.05, 4.69) is 10.1 Å². The first-order valence-electron chi connectivity index (χ1n) is 8.63. The smallest absolute Gasteiger partial charge is 0.291 e. The second-order valence-electron chi connectivity index (χ2n) is 6.26. The molecule has 1 aliphatic rings. The fraction of sp³-hybridized carbons (Fsp3) is 0.105. The van der Waals surface area contributed by atoms with Gasteiger partial charge in [0.2, 0.25) is 4.96 Å². The van der Waals surface area contributed by atoms with E-state index in [1.165, 1.54) is 16.7 Å². The molecule has 3 heterocycles. The van der Waals surface area contributed by atoms with E-state index in [1.54, 1.807) is 24.3 Å². The third kappa shape index (κ3) is 2.99. The molecule has 4 aromatic rings. The minimum atomic E-state index is -0.529. The van der Waals surface area contributed by atoms with Gasteiger partial charge in [-0.2, -0.15) is 9.50 Å². The predicted octanol–water partition coefficient (Wildman–Crippen LogP) is 2.12. The number of nitro groups is 1. The molecule has 2 aromatic heterocycles. The van der Waals surface area contributed by atoms with Crippen molar-refractivity contribution >= 4 is 28.1 Å². The Kier molecular flexibility index (Phi) is 3.98. The second kappa shape index (κ2) is 6.67. The first-order chi connectivity index (χ1) is 14.1. The number of hydrogen-bond acceptors (Lipinski definition) is 8. The summed E-state index contributed by atoms with van der Waals surface area (Å²) in [5, 5.41) is 15.5. The van der Waals surface area contributed by atoms with E-state index in [9.17, 15) is 14.9 Å². The minimum absolute atomic E-state index is 0.0713.